The second-order valence-electron chi connectivity index (χ2n) is 3.43. The molecule has 0 aliphatic rings. The third-order valence-corrected chi connectivity index (χ3v) is 2.32. The summed E-state index contributed by atoms with van der Waals surface area (Å²) in [5.41, 5.74) is 10.9. The van der Waals surface area contributed by atoms with Gasteiger partial charge in [0.1, 0.15) is 11.9 Å². The van der Waals surface area contributed by atoms with Crippen molar-refractivity contribution in [3.05, 3.63) is 23.8 Å². The van der Waals surface area contributed by atoms with E-state index in [1.807, 2.05) is 0 Å². The third kappa shape index (κ3) is 1.69. The van der Waals surface area contributed by atoms with Gasteiger partial charge in [-0.2, -0.15) is 18.3 Å². The number of nitrogens with one attached hydrogen (secondary N) is 1. The summed E-state index contributed by atoms with van der Waals surface area (Å²) in [6.45, 7) is 0. The van der Waals surface area contributed by atoms with Gasteiger partial charge in [0.15, 0.2) is 0 Å². The van der Waals surface area contributed by atoms with Crippen LogP contribution in [0.5, 0.6) is 0 Å². The number of alkyl halides is 3. The van der Waals surface area contributed by atoms with Crippen molar-refractivity contribution in [2.24, 2.45) is 5.73 Å². The summed E-state index contributed by atoms with van der Waals surface area (Å²) in [7, 11) is 0. The molecule has 2 aromatic rings. The van der Waals surface area contributed by atoms with Gasteiger partial charge in [0.2, 0.25) is 0 Å². The maximum Gasteiger partial charge on any atom is 0.407 e. The number of halogens is 3. The van der Waals surface area contributed by atoms with E-state index in [2.05, 4.69) is 10.2 Å². The van der Waals surface area contributed by atoms with Crippen molar-refractivity contribution >= 4 is 16.7 Å². The summed E-state index contributed by atoms with van der Waals surface area (Å²) >= 11 is 0. The molecule has 4 nitrogen and oxygen atoms in total. The first-order chi connectivity index (χ1) is 7.39. The highest BCUT2D eigenvalue weighted by Crippen LogP contribution is 2.32. The average molecular weight is 230 g/mol. The van der Waals surface area contributed by atoms with Gasteiger partial charge >= 0.3 is 6.18 Å². The Morgan fingerprint density at radius 2 is 2.00 bits per heavy atom. The molecule has 0 saturated carbocycles. The maximum absolute atomic E-state index is 12.4. The summed E-state index contributed by atoms with van der Waals surface area (Å²) in [6.07, 6.45) is -4.46. The zero-order valence-electron chi connectivity index (χ0n) is 8.05. The van der Waals surface area contributed by atoms with E-state index in [0.717, 1.165) is 0 Å². The van der Waals surface area contributed by atoms with Crippen molar-refractivity contribution in [1.29, 1.82) is 0 Å². The highest BCUT2D eigenvalue weighted by atomic mass is 19.4. The Morgan fingerprint density at radius 3 is 2.62 bits per heavy atom. The molecule has 0 aliphatic carbocycles. The highest BCUT2D eigenvalue weighted by molar-refractivity contribution is 5.88. The van der Waals surface area contributed by atoms with Crippen molar-refractivity contribution in [1.82, 2.24) is 10.2 Å². The maximum atomic E-state index is 12.4. The van der Waals surface area contributed by atoms with E-state index in [-0.39, 0.29) is 5.56 Å². The number of nitrogens with two attached hydrogens (primary N) is 2. The minimum atomic E-state index is -4.46. The van der Waals surface area contributed by atoms with Gasteiger partial charge in [0.25, 0.3) is 0 Å². The first kappa shape index (κ1) is 10.7. The van der Waals surface area contributed by atoms with Crippen LogP contribution in [-0.2, 0) is 0 Å². The summed E-state index contributed by atoms with van der Waals surface area (Å²) in [4.78, 5) is 0. The fourth-order valence-electron chi connectivity index (χ4n) is 1.43. The van der Waals surface area contributed by atoms with Crippen molar-refractivity contribution in [2.75, 3.05) is 5.73 Å². The Morgan fingerprint density at radius 1 is 1.31 bits per heavy atom. The van der Waals surface area contributed by atoms with Crippen molar-refractivity contribution in [3.8, 4) is 0 Å². The number of aromatic nitrogens is 2. The zero-order chi connectivity index (χ0) is 11.9. The third-order valence-electron chi connectivity index (χ3n) is 2.32. The van der Waals surface area contributed by atoms with Crippen LogP contribution in [0.1, 0.15) is 11.6 Å². The molecule has 0 amide bonds. The van der Waals surface area contributed by atoms with Gasteiger partial charge < -0.3 is 11.5 Å². The van der Waals surface area contributed by atoms with Crippen molar-refractivity contribution < 1.29 is 13.2 Å². The molecule has 0 bridgehead atoms. The molecule has 0 aliphatic heterocycles. The largest absolute Gasteiger partial charge is 0.407 e. The van der Waals surface area contributed by atoms with Gasteiger partial charge in [-0.3, -0.25) is 5.10 Å². The number of anilines is 1. The smallest absolute Gasteiger partial charge is 0.384 e. The number of rotatable bonds is 1. The molecular weight excluding hydrogens is 221 g/mol. The number of fused-ring (bicyclic) bond motifs is 1. The van der Waals surface area contributed by atoms with Crippen LogP contribution in [0.25, 0.3) is 10.9 Å². The van der Waals surface area contributed by atoms with Gasteiger partial charge in [-0.1, -0.05) is 6.07 Å². The van der Waals surface area contributed by atoms with Crippen LogP contribution in [0, 0.1) is 0 Å². The summed E-state index contributed by atoms with van der Waals surface area (Å²) in [5, 5.41) is 6.84. The Labute approximate surface area is 88.4 Å². The van der Waals surface area contributed by atoms with Crippen LogP contribution in [0.4, 0.5) is 19.0 Å². The summed E-state index contributed by atoms with van der Waals surface area (Å²) in [5.74, 6) is 0.321. The Kier molecular flexibility index (Phi) is 2.27. The molecule has 1 unspecified atom stereocenters. The molecule has 0 spiro atoms. The van der Waals surface area contributed by atoms with Crippen LogP contribution < -0.4 is 11.5 Å². The topological polar surface area (TPSA) is 80.7 Å². The van der Waals surface area contributed by atoms with Crippen LogP contribution in [0.15, 0.2) is 18.2 Å². The number of aromatic amines is 1. The monoisotopic (exact) mass is 230 g/mol. The van der Waals surface area contributed by atoms with E-state index in [4.69, 9.17) is 11.5 Å². The predicted octanol–water partition coefficient (Wildman–Crippen LogP) is 1.71. The van der Waals surface area contributed by atoms with E-state index < -0.39 is 12.2 Å². The van der Waals surface area contributed by atoms with Gasteiger partial charge in [-0.05, 0) is 17.7 Å². The second-order valence-corrected chi connectivity index (χ2v) is 3.43. The van der Waals surface area contributed by atoms with E-state index in [1.165, 1.54) is 18.2 Å². The molecule has 2 rings (SSSR count). The van der Waals surface area contributed by atoms with Crippen molar-refractivity contribution in [2.45, 2.75) is 12.2 Å². The van der Waals surface area contributed by atoms with Crippen LogP contribution in [-0.4, -0.2) is 16.4 Å². The summed E-state index contributed by atoms with van der Waals surface area (Å²) < 4.78 is 37.1. The number of benzene rings is 1. The van der Waals surface area contributed by atoms with Crippen LogP contribution >= 0.6 is 0 Å². The normalized spacial score (nSPS) is 14.2. The lowest BCUT2D eigenvalue weighted by Crippen LogP contribution is -2.28. The van der Waals surface area contributed by atoms with E-state index in [0.29, 0.717) is 16.7 Å². The Bertz CT molecular complexity index is 517. The number of H-pyrrole nitrogens is 1. The lowest BCUT2D eigenvalue weighted by molar-refractivity contribution is -0.149. The molecule has 1 heterocycles. The van der Waals surface area contributed by atoms with Gasteiger partial charge in [-0.25, -0.2) is 0 Å². The Balaban J connectivity index is 2.47. The van der Waals surface area contributed by atoms with Crippen LogP contribution in [0.3, 0.4) is 0 Å². The van der Waals surface area contributed by atoms with E-state index >= 15 is 0 Å². The number of hydrogen-bond donors (Lipinski definition) is 3. The molecular formula is C9H9F3N4. The SMILES string of the molecule is Nc1[nH]nc2cc(C(N)C(F)(F)F)ccc12. The zero-order valence-corrected chi connectivity index (χ0v) is 8.05. The average Bonchev–Trinajstić information content (AvgIpc) is 2.57. The summed E-state index contributed by atoms with van der Waals surface area (Å²) in [6, 6.07) is 2.04. The minimum Gasteiger partial charge on any atom is -0.384 e. The van der Waals surface area contributed by atoms with E-state index in [1.54, 1.807) is 0 Å². The second kappa shape index (κ2) is 3.38. The molecule has 1 aromatic carbocycles. The van der Waals surface area contributed by atoms with Crippen molar-refractivity contribution in [3.63, 3.8) is 0 Å². The molecule has 0 fully saturated rings. The minimum absolute atomic E-state index is 0.0356. The predicted molar refractivity (Wildman–Crippen MR) is 53.5 cm³/mol. The number of hydrogen-bond acceptors (Lipinski definition) is 3. The first-order valence-corrected chi connectivity index (χ1v) is 4.45. The molecule has 0 radical (unpaired) electrons. The lowest BCUT2D eigenvalue weighted by Gasteiger charge is -2.15. The molecule has 86 valence electrons. The molecule has 7 heteroatoms. The van der Waals surface area contributed by atoms with Gasteiger partial charge in [0.05, 0.1) is 5.52 Å². The quantitative estimate of drug-likeness (QED) is 0.697. The Hall–Kier alpha value is -1.76. The number of nitrogens with zero attached hydrogens (tertiary/aromatic N) is 1. The molecule has 16 heavy (non-hydrogen) atoms. The van der Waals surface area contributed by atoms with Gasteiger partial charge in [-0.15, -0.1) is 0 Å². The standard InChI is InChI=1S/C9H9F3N4/c10-9(11,12)7(13)4-1-2-5-6(3-4)15-16-8(5)14/h1-3,7H,13H2,(H3,14,15,16). The molecule has 1 atom stereocenters. The molecule has 1 aromatic heterocycles. The highest BCUT2D eigenvalue weighted by Gasteiger charge is 2.37. The lowest BCUT2D eigenvalue weighted by atomic mass is 10.1. The van der Waals surface area contributed by atoms with E-state index in [9.17, 15) is 13.2 Å². The molecule has 0 saturated heterocycles. The molecule has 5 N–H and O–H groups in total. The van der Waals surface area contributed by atoms with Crippen LogP contribution in [0.2, 0.25) is 0 Å². The first-order valence-electron chi connectivity index (χ1n) is 4.45. The number of nitrogen functional groups attached to an aromatic ring is 1. The van der Waals surface area contributed by atoms with Gasteiger partial charge in [0, 0.05) is 5.39 Å². The fraction of sp³-hybridized carbons (Fsp3) is 0.222. The fourth-order valence-corrected chi connectivity index (χ4v) is 1.43.